The fourth-order valence-electron chi connectivity index (χ4n) is 9.32. The number of rotatable bonds is 4. The molecule has 0 aromatic heterocycles. The van der Waals surface area contributed by atoms with Crippen LogP contribution in [0.5, 0.6) is 86.2 Å². The van der Waals surface area contributed by atoms with Gasteiger partial charge in [-0.3, -0.25) is 0 Å². The van der Waals surface area contributed by atoms with Crippen LogP contribution in [0.4, 0.5) is 0 Å². The zero-order chi connectivity index (χ0) is 44.5. The van der Waals surface area contributed by atoms with Crippen LogP contribution in [-0.2, 0) is 12.2 Å². The van der Waals surface area contributed by atoms with E-state index in [0.29, 0.717) is 0 Å². The van der Waals surface area contributed by atoms with E-state index >= 15 is 0 Å². The van der Waals surface area contributed by atoms with E-state index in [0.717, 1.165) is 60.7 Å². The Morgan fingerprint density at radius 2 is 0.984 bits per heavy atom. The molecule has 6 aromatic rings. The molecular formula is C45H36O18. The first-order valence-electron chi connectivity index (χ1n) is 19.3. The molecule has 0 radical (unpaired) electrons. The fraction of sp³-hybridized carbons (Fsp3) is 0.200. The van der Waals surface area contributed by atoms with E-state index in [1.54, 1.807) is 0 Å². The summed E-state index contributed by atoms with van der Waals surface area (Å²) in [5.41, 5.74) is -0.583. The zero-order valence-corrected chi connectivity index (χ0v) is 32.1. The molecule has 18 heteroatoms. The van der Waals surface area contributed by atoms with Gasteiger partial charge in [0.1, 0.15) is 70.1 Å². The largest absolute Gasteiger partial charge is 0.508 e. The molecule has 63 heavy (non-hydrogen) atoms. The number of phenolic OH excluding ortho intramolecular Hbond substituents is 11. The highest BCUT2D eigenvalue weighted by Crippen LogP contribution is 2.65. The smallest absolute Gasteiger partial charge is 0.305 e. The minimum absolute atomic E-state index is 0.0325. The van der Waals surface area contributed by atoms with Crippen LogP contribution in [0.25, 0.3) is 0 Å². The van der Waals surface area contributed by atoms with Crippen molar-refractivity contribution in [3.05, 3.63) is 123 Å². The Morgan fingerprint density at radius 1 is 0.444 bits per heavy atom. The molecule has 14 N–H and O–H groups in total. The van der Waals surface area contributed by atoms with Crippen LogP contribution < -0.4 is 18.9 Å². The van der Waals surface area contributed by atoms with Gasteiger partial charge >= 0.3 is 5.79 Å². The molecule has 6 aromatic carbocycles. The standard InChI is InChI=1S/C45H36O18/c46-18-10-27(54)33-31(11-18)62-45(17-3-6-22(49)26(53)9-17)44(59)38(33)36-32(63-45)14-29(56)35-37(39(58)41(61-43(35)36)16-2-5-21(48)25(52)8-16)34-28(55)13-23(50)19-12-30(57)40(60-42(19)34)15-1-4-20(47)24(51)7-15/h1-11,13-14,30,37-41,44,46-59H,12H2/t30-,37-,38+,39+,40+,41?,44+,45-/m0/s1. The highest BCUT2D eigenvalue weighted by Gasteiger charge is 2.61. The molecule has 0 fully saturated rings. The van der Waals surface area contributed by atoms with Gasteiger partial charge in [0.25, 0.3) is 0 Å². The summed E-state index contributed by atoms with van der Waals surface area (Å²) >= 11 is 0. The van der Waals surface area contributed by atoms with E-state index in [1.807, 2.05) is 0 Å². The summed E-state index contributed by atoms with van der Waals surface area (Å²) in [6.45, 7) is 0. The Hall–Kier alpha value is -7.80. The molecule has 0 spiro atoms. The number of hydrogen-bond acceptors (Lipinski definition) is 18. The Bertz CT molecular complexity index is 2910. The second kappa shape index (κ2) is 13.6. The van der Waals surface area contributed by atoms with Crippen LogP contribution in [0, 0.1) is 0 Å². The highest BCUT2D eigenvalue weighted by atomic mass is 16.7. The van der Waals surface area contributed by atoms with Crippen molar-refractivity contribution in [2.24, 2.45) is 0 Å². The van der Waals surface area contributed by atoms with Crippen molar-refractivity contribution in [1.82, 2.24) is 0 Å². The van der Waals surface area contributed by atoms with Gasteiger partial charge in [0.05, 0.1) is 17.9 Å². The van der Waals surface area contributed by atoms with Crippen molar-refractivity contribution < 1.29 is 90.4 Å². The third-order valence-corrected chi connectivity index (χ3v) is 12.2. The highest BCUT2D eigenvalue weighted by molar-refractivity contribution is 5.72. The second-order valence-corrected chi connectivity index (χ2v) is 15.9. The number of aliphatic hydroxyl groups excluding tert-OH is 3. The van der Waals surface area contributed by atoms with Crippen molar-refractivity contribution in [1.29, 1.82) is 0 Å². The van der Waals surface area contributed by atoms with Gasteiger partial charge in [-0.25, -0.2) is 0 Å². The van der Waals surface area contributed by atoms with Crippen molar-refractivity contribution in [3.63, 3.8) is 0 Å². The molecular weight excluding hydrogens is 828 g/mol. The lowest BCUT2D eigenvalue weighted by atomic mass is 9.71. The monoisotopic (exact) mass is 864 g/mol. The molecule has 0 amide bonds. The van der Waals surface area contributed by atoms with E-state index < -0.39 is 111 Å². The molecule has 4 aliphatic heterocycles. The summed E-state index contributed by atoms with van der Waals surface area (Å²) in [6.07, 6.45) is -8.29. The Kier molecular flexibility index (Phi) is 8.49. The van der Waals surface area contributed by atoms with Crippen molar-refractivity contribution in [2.75, 3.05) is 0 Å². The molecule has 0 aliphatic carbocycles. The van der Waals surface area contributed by atoms with E-state index in [1.165, 1.54) is 18.2 Å². The molecule has 0 saturated heterocycles. The first-order chi connectivity index (χ1) is 30.0. The SMILES string of the molecule is Oc1cc(O)c2c(c1)O[C@@]1(c3ccc(O)c(O)c3)Oc3cc(O)c4c(c3[C@@H]2[C@H]1O)OC(c1ccc(O)c(O)c1)[C@H](O)[C@H]4c1c(O)cc(O)c2c1O[C@H](c1ccc(O)c(O)c1)[C@@H](O)C2. The first kappa shape index (κ1) is 39.3. The lowest BCUT2D eigenvalue weighted by Gasteiger charge is -2.51. The number of fused-ring (bicyclic) bond motifs is 9. The number of hydrogen-bond donors (Lipinski definition) is 14. The van der Waals surface area contributed by atoms with Gasteiger partial charge in [0.15, 0.2) is 40.6 Å². The van der Waals surface area contributed by atoms with Gasteiger partial charge in [-0.1, -0.05) is 12.1 Å². The maximum Gasteiger partial charge on any atom is 0.305 e. The van der Waals surface area contributed by atoms with Crippen LogP contribution in [0.15, 0.2) is 78.9 Å². The first-order valence-corrected chi connectivity index (χ1v) is 19.3. The summed E-state index contributed by atoms with van der Waals surface area (Å²) in [5.74, 6) is -12.6. The normalized spacial score (nSPS) is 25.2. The molecule has 8 atom stereocenters. The molecule has 1 unspecified atom stereocenters. The number of ether oxygens (including phenoxy) is 4. The van der Waals surface area contributed by atoms with Gasteiger partial charge in [0, 0.05) is 64.1 Å². The van der Waals surface area contributed by atoms with Crippen LogP contribution in [0.3, 0.4) is 0 Å². The summed E-state index contributed by atoms with van der Waals surface area (Å²) in [5, 5.41) is 155. The van der Waals surface area contributed by atoms with Crippen LogP contribution in [-0.4, -0.2) is 89.8 Å². The summed E-state index contributed by atoms with van der Waals surface area (Å²) < 4.78 is 25.6. The van der Waals surface area contributed by atoms with Crippen LogP contribution in [0.2, 0.25) is 0 Å². The van der Waals surface area contributed by atoms with Crippen LogP contribution in [0.1, 0.15) is 68.6 Å². The lowest BCUT2D eigenvalue weighted by molar-refractivity contribution is -0.219. The molecule has 2 bridgehead atoms. The van der Waals surface area contributed by atoms with Crippen LogP contribution >= 0.6 is 0 Å². The van der Waals surface area contributed by atoms with E-state index in [2.05, 4.69) is 0 Å². The second-order valence-electron chi connectivity index (χ2n) is 15.9. The van der Waals surface area contributed by atoms with Gasteiger partial charge in [0.2, 0.25) is 0 Å². The fourth-order valence-corrected chi connectivity index (χ4v) is 9.32. The van der Waals surface area contributed by atoms with Gasteiger partial charge in [-0.15, -0.1) is 0 Å². The van der Waals surface area contributed by atoms with Crippen molar-refractivity contribution in [2.45, 2.75) is 54.6 Å². The van der Waals surface area contributed by atoms with E-state index in [4.69, 9.17) is 18.9 Å². The number of phenols is 11. The molecule has 4 aliphatic rings. The number of aromatic hydroxyl groups is 11. The van der Waals surface area contributed by atoms with Gasteiger partial charge in [-0.2, -0.15) is 0 Å². The predicted octanol–water partition coefficient (Wildman–Crippen LogP) is 4.24. The van der Waals surface area contributed by atoms with Gasteiger partial charge in [-0.05, 0) is 53.6 Å². The summed E-state index contributed by atoms with van der Waals surface area (Å²) in [6, 6.07) is 14.8. The van der Waals surface area contributed by atoms with Crippen molar-refractivity contribution >= 4 is 0 Å². The van der Waals surface area contributed by atoms with Gasteiger partial charge < -0.3 is 90.4 Å². The topological polar surface area (TPSA) is 320 Å². The van der Waals surface area contributed by atoms with E-state index in [9.17, 15) is 71.5 Å². The summed E-state index contributed by atoms with van der Waals surface area (Å²) in [4.78, 5) is 0. The third-order valence-electron chi connectivity index (χ3n) is 12.2. The Labute approximate surface area is 354 Å². The minimum Gasteiger partial charge on any atom is -0.508 e. The third kappa shape index (κ3) is 5.68. The molecule has 18 nitrogen and oxygen atoms in total. The van der Waals surface area contributed by atoms with E-state index in [-0.39, 0.29) is 73.9 Å². The molecule has 4 heterocycles. The van der Waals surface area contributed by atoms with Crippen molar-refractivity contribution in [3.8, 4) is 86.2 Å². The summed E-state index contributed by atoms with van der Waals surface area (Å²) in [7, 11) is 0. The molecule has 10 rings (SSSR count). The molecule has 0 saturated carbocycles. The predicted molar refractivity (Wildman–Crippen MR) is 212 cm³/mol. The lowest BCUT2D eigenvalue weighted by Crippen LogP contribution is -2.57. The number of benzene rings is 6. The maximum atomic E-state index is 12.5. The average molecular weight is 865 g/mol. The quantitative estimate of drug-likeness (QED) is 0.110. The average Bonchev–Trinajstić information content (AvgIpc) is 3.22. The Morgan fingerprint density at radius 3 is 1.62 bits per heavy atom. The zero-order valence-electron chi connectivity index (χ0n) is 32.1. The number of aliphatic hydroxyl groups is 3. The Balaban J connectivity index is 1.25. The molecule has 324 valence electrons. The maximum absolute atomic E-state index is 12.5. The minimum atomic E-state index is -2.31.